The minimum atomic E-state index is -0.298. The normalized spacial score (nSPS) is 17.7. The molecule has 0 bridgehead atoms. The third-order valence-electron chi connectivity index (χ3n) is 3.59. The molecule has 0 saturated heterocycles. The fourth-order valence-corrected chi connectivity index (χ4v) is 2.51. The molecule has 1 atom stereocenters. The minimum absolute atomic E-state index is 0.0315. The number of rotatable bonds is 2. The number of nitrogens with zero attached hydrogens (tertiary/aromatic N) is 1. The van der Waals surface area contributed by atoms with Gasteiger partial charge < -0.3 is 19.1 Å². The Balaban J connectivity index is 2.40. The van der Waals surface area contributed by atoms with E-state index in [0.29, 0.717) is 12.3 Å². The van der Waals surface area contributed by atoms with Crippen molar-refractivity contribution in [3.05, 3.63) is 23.3 Å². The Bertz CT molecular complexity index is 487. The lowest BCUT2D eigenvalue weighted by Gasteiger charge is -2.34. The van der Waals surface area contributed by atoms with E-state index in [4.69, 9.17) is 14.2 Å². The third-order valence-corrected chi connectivity index (χ3v) is 3.59. The van der Waals surface area contributed by atoms with E-state index in [1.54, 1.807) is 19.1 Å². The van der Waals surface area contributed by atoms with Gasteiger partial charge in [-0.15, -0.1) is 0 Å². The third kappa shape index (κ3) is 2.32. The molecule has 1 aliphatic rings. The van der Waals surface area contributed by atoms with E-state index in [1.165, 1.54) is 12.7 Å². The predicted octanol–water partition coefficient (Wildman–Crippen LogP) is 2.39. The molecule has 0 spiro atoms. The molecule has 1 aliphatic heterocycles. The van der Waals surface area contributed by atoms with Gasteiger partial charge in [-0.05, 0) is 36.6 Å². The average Bonchev–Trinajstić information content (AvgIpc) is 2.45. The maximum absolute atomic E-state index is 11.7. The fourth-order valence-electron chi connectivity index (χ4n) is 2.51. The molecular weight excluding hydrogens is 246 g/mol. The quantitative estimate of drug-likeness (QED) is 0.823. The molecule has 1 aromatic carbocycles. The molecule has 1 heterocycles. The Morgan fingerprint density at radius 3 is 2.42 bits per heavy atom. The standard InChI is InChI=1S/C14H19NO4/c1-9-11-8-13(18-3)12(17-2)7-10(11)5-6-15(9)14(16)19-4/h7-9H,5-6H2,1-4H3/t9-/m0/s1. The van der Waals surface area contributed by atoms with Gasteiger partial charge in [0.2, 0.25) is 0 Å². The molecule has 2 rings (SSSR count). The Hall–Kier alpha value is -1.91. The summed E-state index contributed by atoms with van der Waals surface area (Å²) in [6.45, 7) is 2.64. The SMILES string of the molecule is COC(=O)N1CCc2cc(OC)c(OC)cc2[C@@H]1C. The molecule has 19 heavy (non-hydrogen) atoms. The highest BCUT2D eigenvalue weighted by Crippen LogP contribution is 2.37. The first-order valence-electron chi connectivity index (χ1n) is 6.21. The number of carbonyl (C=O) groups is 1. The number of carbonyl (C=O) groups excluding carboxylic acids is 1. The molecule has 0 radical (unpaired) electrons. The van der Waals surface area contributed by atoms with E-state index >= 15 is 0 Å². The molecule has 0 saturated carbocycles. The van der Waals surface area contributed by atoms with Gasteiger partial charge in [0, 0.05) is 6.54 Å². The number of hydrogen-bond acceptors (Lipinski definition) is 4. The summed E-state index contributed by atoms with van der Waals surface area (Å²) in [6.07, 6.45) is 0.489. The van der Waals surface area contributed by atoms with Crippen LogP contribution in [0.15, 0.2) is 12.1 Å². The maximum Gasteiger partial charge on any atom is 0.409 e. The number of amides is 1. The van der Waals surface area contributed by atoms with E-state index in [-0.39, 0.29) is 12.1 Å². The van der Waals surface area contributed by atoms with Gasteiger partial charge in [-0.25, -0.2) is 4.79 Å². The van der Waals surface area contributed by atoms with E-state index in [1.807, 2.05) is 19.1 Å². The van der Waals surface area contributed by atoms with E-state index in [0.717, 1.165) is 17.7 Å². The summed E-state index contributed by atoms with van der Waals surface area (Å²) in [5.41, 5.74) is 2.26. The van der Waals surface area contributed by atoms with Crippen molar-refractivity contribution in [2.75, 3.05) is 27.9 Å². The van der Waals surface area contributed by atoms with Crippen molar-refractivity contribution in [1.29, 1.82) is 0 Å². The minimum Gasteiger partial charge on any atom is -0.493 e. The van der Waals surface area contributed by atoms with Crippen LogP contribution in [0.25, 0.3) is 0 Å². The highest BCUT2D eigenvalue weighted by Gasteiger charge is 2.29. The van der Waals surface area contributed by atoms with Crippen LogP contribution in [0.1, 0.15) is 24.1 Å². The molecule has 5 heteroatoms. The number of hydrogen-bond donors (Lipinski definition) is 0. The summed E-state index contributed by atoms with van der Waals surface area (Å²) < 4.78 is 15.4. The highest BCUT2D eigenvalue weighted by molar-refractivity contribution is 5.69. The zero-order valence-electron chi connectivity index (χ0n) is 11.7. The molecule has 0 unspecified atom stereocenters. The van der Waals surface area contributed by atoms with Crippen molar-refractivity contribution in [3.63, 3.8) is 0 Å². The lowest BCUT2D eigenvalue weighted by Crippen LogP contribution is -2.38. The van der Waals surface area contributed by atoms with Crippen molar-refractivity contribution >= 4 is 6.09 Å². The summed E-state index contributed by atoms with van der Waals surface area (Å²) in [5, 5.41) is 0. The monoisotopic (exact) mass is 265 g/mol. The van der Waals surface area contributed by atoms with Crippen LogP contribution in [0, 0.1) is 0 Å². The molecule has 0 N–H and O–H groups in total. The molecular formula is C14H19NO4. The van der Waals surface area contributed by atoms with Crippen LogP contribution >= 0.6 is 0 Å². The number of benzene rings is 1. The summed E-state index contributed by atoms with van der Waals surface area (Å²) in [4.78, 5) is 13.4. The van der Waals surface area contributed by atoms with E-state index in [2.05, 4.69) is 0 Å². The summed E-state index contributed by atoms with van der Waals surface area (Å²) in [6, 6.07) is 3.89. The van der Waals surface area contributed by atoms with Gasteiger partial charge in [-0.3, -0.25) is 0 Å². The van der Waals surface area contributed by atoms with Gasteiger partial charge >= 0.3 is 6.09 Å². The second-order valence-electron chi connectivity index (χ2n) is 4.50. The smallest absolute Gasteiger partial charge is 0.409 e. The second-order valence-corrected chi connectivity index (χ2v) is 4.50. The van der Waals surface area contributed by atoms with Crippen molar-refractivity contribution in [3.8, 4) is 11.5 Å². The lowest BCUT2D eigenvalue weighted by atomic mass is 9.93. The zero-order valence-corrected chi connectivity index (χ0v) is 11.7. The highest BCUT2D eigenvalue weighted by atomic mass is 16.5. The topological polar surface area (TPSA) is 48.0 Å². The lowest BCUT2D eigenvalue weighted by molar-refractivity contribution is 0.105. The van der Waals surface area contributed by atoms with E-state index < -0.39 is 0 Å². The number of ether oxygens (including phenoxy) is 3. The van der Waals surface area contributed by atoms with Gasteiger partial charge in [-0.1, -0.05) is 0 Å². The van der Waals surface area contributed by atoms with Crippen LogP contribution in [0.3, 0.4) is 0 Å². The van der Waals surface area contributed by atoms with Crippen LogP contribution in [0.5, 0.6) is 11.5 Å². The Morgan fingerprint density at radius 1 is 1.21 bits per heavy atom. The molecule has 0 fully saturated rings. The summed E-state index contributed by atoms with van der Waals surface area (Å²) in [7, 11) is 4.63. The molecule has 1 aromatic rings. The van der Waals surface area contributed by atoms with Gasteiger partial charge in [0.05, 0.1) is 27.4 Å². The van der Waals surface area contributed by atoms with Crippen molar-refractivity contribution in [2.45, 2.75) is 19.4 Å². The molecule has 1 amide bonds. The van der Waals surface area contributed by atoms with Gasteiger partial charge in [-0.2, -0.15) is 0 Å². The van der Waals surface area contributed by atoms with Crippen LogP contribution in [0.4, 0.5) is 4.79 Å². The molecule has 0 aliphatic carbocycles. The first-order valence-corrected chi connectivity index (χ1v) is 6.21. The Morgan fingerprint density at radius 2 is 1.84 bits per heavy atom. The van der Waals surface area contributed by atoms with Gasteiger partial charge in [0.25, 0.3) is 0 Å². The van der Waals surface area contributed by atoms with Crippen LogP contribution in [0.2, 0.25) is 0 Å². The van der Waals surface area contributed by atoms with Crippen LogP contribution < -0.4 is 9.47 Å². The fraction of sp³-hybridized carbons (Fsp3) is 0.500. The molecule has 104 valence electrons. The number of fused-ring (bicyclic) bond motifs is 1. The first kappa shape index (κ1) is 13.5. The predicted molar refractivity (Wildman–Crippen MR) is 70.8 cm³/mol. The largest absolute Gasteiger partial charge is 0.493 e. The average molecular weight is 265 g/mol. The summed E-state index contributed by atoms with van der Waals surface area (Å²) >= 11 is 0. The van der Waals surface area contributed by atoms with Crippen LogP contribution in [-0.2, 0) is 11.2 Å². The van der Waals surface area contributed by atoms with Crippen LogP contribution in [-0.4, -0.2) is 38.9 Å². The molecule has 0 aromatic heterocycles. The first-order chi connectivity index (χ1) is 9.12. The number of methoxy groups -OCH3 is 3. The van der Waals surface area contributed by atoms with Gasteiger partial charge in [0.1, 0.15) is 0 Å². The Kier molecular flexibility index (Phi) is 3.83. The second kappa shape index (κ2) is 5.38. The van der Waals surface area contributed by atoms with Crippen molar-refractivity contribution in [2.24, 2.45) is 0 Å². The Labute approximate surface area is 113 Å². The van der Waals surface area contributed by atoms with Crippen molar-refractivity contribution in [1.82, 2.24) is 4.90 Å². The van der Waals surface area contributed by atoms with Crippen molar-refractivity contribution < 1.29 is 19.0 Å². The zero-order chi connectivity index (χ0) is 14.0. The van der Waals surface area contributed by atoms with E-state index in [9.17, 15) is 4.79 Å². The van der Waals surface area contributed by atoms with Gasteiger partial charge in [0.15, 0.2) is 11.5 Å². The molecule has 5 nitrogen and oxygen atoms in total. The maximum atomic E-state index is 11.7. The summed E-state index contributed by atoms with van der Waals surface area (Å²) in [5.74, 6) is 1.40.